The maximum absolute atomic E-state index is 12.5. The minimum Gasteiger partial charge on any atom is -0.495 e. The van der Waals surface area contributed by atoms with Gasteiger partial charge in [-0.1, -0.05) is 6.07 Å². The highest BCUT2D eigenvalue weighted by Crippen LogP contribution is 2.29. The van der Waals surface area contributed by atoms with E-state index in [1.165, 1.54) is 50.4 Å². The maximum atomic E-state index is 12.5. The molecule has 1 aliphatic heterocycles. The van der Waals surface area contributed by atoms with E-state index < -0.39 is 22.9 Å². The predicted octanol–water partition coefficient (Wildman–Crippen LogP) is 2.44. The van der Waals surface area contributed by atoms with Gasteiger partial charge in [0.1, 0.15) is 5.75 Å². The molecule has 0 radical (unpaired) electrons. The number of nitro groups is 1. The first-order chi connectivity index (χ1) is 15.2. The molecule has 1 fully saturated rings. The summed E-state index contributed by atoms with van der Waals surface area (Å²) in [6.45, 7) is 1.33. The summed E-state index contributed by atoms with van der Waals surface area (Å²) in [6.07, 6.45) is -1.05. The van der Waals surface area contributed by atoms with Gasteiger partial charge in [0.15, 0.2) is 6.10 Å². The third-order valence-corrected chi connectivity index (χ3v) is 4.70. The number of hydrogen-bond acceptors (Lipinski definition) is 8. The molecule has 0 aliphatic carbocycles. The zero-order chi connectivity index (χ0) is 23.4. The Labute approximate surface area is 182 Å². The number of esters is 1. The van der Waals surface area contributed by atoms with Gasteiger partial charge in [0.25, 0.3) is 11.6 Å². The molecule has 0 saturated carbocycles. The van der Waals surface area contributed by atoms with Gasteiger partial charge in [-0.15, -0.1) is 0 Å². The lowest BCUT2D eigenvalue weighted by molar-refractivity contribution is -0.384. The number of nitro benzene ring substituents is 1. The summed E-state index contributed by atoms with van der Waals surface area (Å²) in [5.41, 5.74) is 0.0733. The third kappa shape index (κ3) is 4.72. The van der Waals surface area contributed by atoms with E-state index in [0.717, 1.165) is 11.0 Å². The van der Waals surface area contributed by atoms with Gasteiger partial charge in [-0.25, -0.2) is 4.79 Å². The Morgan fingerprint density at radius 2 is 1.81 bits per heavy atom. The topological polar surface area (TPSA) is 145 Å². The molecule has 1 saturated heterocycles. The molecular formula is C21H19N3O8. The number of hydrogen-bond donors (Lipinski definition) is 1. The smallest absolute Gasteiger partial charge is 0.338 e. The quantitative estimate of drug-likeness (QED) is 0.298. The second-order valence-corrected chi connectivity index (χ2v) is 6.85. The molecule has 166 valence electrons. The number of carbonyl (C=O) groups is 4. The van der Waals surface area contributed by atoms with Gasteiger partial charge in [0.2, 0.25) is 11.8 Å². The summed E-state index contributed by atoms with van der Waals surface area (Å²) in [7, 11) is 1.34. The molecule has 1 unspecified atom stereocenters. The highest BCUT2D eigenvalue weighted by Gasteiger charge is 2.31. The van der Waals surface area contributed by atoms with E-state index in [2.05, 4.69) is 5.32 Å². The highest BCUT2D eigenvalue weighted by molar-refractivity contribution is 6.20. The Bertz CT molecular complexity index is 1100. The number of ether oxygens (including phenoxy) is 2. The van der Waals surface area contributed by atoms with Crippen molar-refractivity contribution in [2.75, 3.05) is 17.3 Å². The Morgan fingerprint density at radius 3 is 2.44 bits per heavy atom. The number of rotatable bonds is 7. The first kappa shape index (κ1) is 22.4. The number of amides is 3. The fourth-order valence-electron chi connectivity index (χ4n) is 3.06. The molecule has 0 bridgehead atoms. The van der Waals surface area contributed by atoms with E-state index >= 15 is 0 Å². The number of imide groups is 1. The van der Waals surface area contributed by atoms with Crippen LogP contribution >= 0.6 is 0 Å². The van der Waals surface area contributed by atoms with Crippen LogP contribution in [0.2, 0.25) is 0 Å². The average Bonchev–Trinajstić information content (AvgIpc) is 3.11. The molecule has 11 nitrogen and oxygen atoms in total. The van der Waals surface area contributed by atoms with E-state index in [0.29, 0.717) is 0 Å². The van der Waals surface area contributed by atoms with Gasteiger partial charge < -0.3 is 14.8 Å². The van der Waals surface area contributed by atoms with Crippen LogP contribution < -0.4 is 15.0 Å². The van der Waals surface area contributed by atoms with E-state index in [4.69, 9.17) is 9.47 Å². The standard InChI is InChI=1S/C21H19N3O8/c1-12(20(27)22-16-11-15(24(29)30)6-7-17(16)31-2)32-21(28)13-4-3-5-14(10-13)23-18(25)8-9-19(23)26/h3-7,10-12H,8-9H2,1-2H3,(H,22,27). The number of nitrogens with one attached hydrogen (secondary N) is 1. The molecule has 2 aromatic rings. The van der Waals surface area contributed by atoms with E-state index in [-0.39, 0.29) is 53.0 Å². The lowest BCUT2D eigenvalue weighted by Crippen LogP contribution is -2.30. The van der Waals surface area contributed by atoms with Crippen LogP contribution in [0.3, 0.4) is 0 Å². The van der Waals surface area contributed by atoms with E-state index in [1.807, 2.05) is 0 Å². The van der Waals surface area contributed by atoms with Gasteiger partial charge in [-0.2, -0.15) is 0 Å². The zero-order valence-corrected chi connectivity index (χ0v) is 17.2. The zero-order valence-electron chi connectivity index (χ0n) is 17.2. The van der Waals surface area contributed by atoms with Crippen LogP contribution in [0.15, 0.2) is 42.5 Å². The fourth-order valence-corrected chi connectivity index (χ4v) is 3.06. The molecular weight excluding hydrogens is 422 g/mol. The van der Waals surface area contributed by atoms with Crippen molar-refractivity contribution < 1.29 is 33.6 Å². The number of nitrogens with zero attached hydrogens (tertiary/aromatic N) is 2. The molecule has 1 N–H and O–H groups in total. The normalized spacial score (nSPS) is 14.1. The molecule has 1 atom stereocenters. The minimum atomic E-state index is -1.26. The van der Waals surface area contributed by atoms with Crippen molar-refractivity contribution in [1.29, 1.82) is 0 Å². The summed E-state index contributed by atoms with van der Waals surface area (Å²) in [4.78, 5) is 60.2. The third-order valence-electron chi connectivity index (χ3n) is 4.70. The fraction of sp³-hybridized carbons (Fsp3) is 0.238. The summed E-state index contributed by atoms with van der Waals surface area (Å²) in [5.74, 6) is -2.12. The molecule has 2 aromatic carbocycles. The first-order valence-corrected chi connectivity index (χ1v) is 9.51. The Balaban J connectivity index is 1.71. The van der Waals surface area contributed by atoms with Crippen molar-refractivity contribution in [1.82, 2.24) is 0 Å². The Kier molecular flexibility index (Phi) is 6.47. The second kappa shape index (κ2) is 9.25. The Hall–Kier alpha value is -4.28. The molecule has 3 amide bonds. The lowest BCUT2D eigenvalue weighted by Gasteiger charge is -2.17. The van der Waals surface area contributed by atoms with Crippen molar-refractivity contribution in [2.24, 2.45) is 0 Å². The molecule has 11 heteroatoms. The summed E-state index contributed by atoms with van der Waals surface area (Å²) in [6, 6.07) is 9.44. The summed E-state index contributed by atoms with van der Waals surface area (Å²) >= 11 is 0. The largest absolute Gasteiger partial charge is 0.495 e. The summed E-state index contributed by atoms with van der Waals surface area (Å²) in [5, 5.41) is 13.4. The van der Waals surface area contributed by atoms with Crippen molar-refractivity contribution in [3.63, 3.8) is 0 Å². The highest BCUT2D eigenvalue weighted by atomic mass is 16.6. The predicted molar refractivity (Wildman–Crippen MR) is 111 cm³/mol. The first-order valence-electron chi connectivity index (χ1n) is 9.51. The Morgan fingerprint density at radius 1 is 1.12 bits per heavy atom. The second-order valence-electron chi connectivity index (χ2n) is 6.85. The number of methoxy groups -OCH3 is 1. The number of carbonyl (C=O) groups excluding carboxylic acids is 4. The van der Waals surface area contributed by atoms with Crippen LogP contribution in [-0.2, 0) is 19.1 Å². The SMILES string of the molecule is COc1ccc([N+](=O)[O-])cc1NC(=O)C(C)OC(=O)c1cccc(N2C(=O)CCC2=O)c1. The average molecular weight is 441 g/mol. The van der Waals surface area contributed by atoms with Crippen LogP contribution in [0, 0.1) is 10.1 Å². The number of anilines is 2. The maximum Gasteiger partial charge on any atom is 0.338 e. The number of non-ortho nitro benzene ring substituents is 1. The molecule has 0 aromatic heterocycles. The summed E-state index contributed by atoms with van der Waals surface area (Å²) < 4.78 is 10.3. The van der Waals surface area contributed by atoms with Crippen LogP contribution in [-0.4, -0.2) is 41.8 Å². The van der Waals surface area contributed by atoms with Gasteiger partial charge in [0, 0.05) is 25.0 Å². The van der Waals surface area contributed by atoms with E-state index in [1.54, 1.807) is 0 Å². The van der Waals surface area contributed by atoms with Crippen LogP contribution in [0.1, 0.15) is 30.1 Å². The molecule has 32 heavy (non-hydrogen) atoms. The van der Waals surface area contributed by atoms with Crippen LogP contribution in [0.5, 0.6) is 5.75 Å². The van der Waals surface area contributed by atoms with Gasteiger partial charge >= 0.3 is 5.97 Å². The van der Waals surface area contributed by atoms with Crippen LogP contribution in [0.25, 0.3) is 0 Å². The molecule has 1 aliphatic rings. The number of benzene rings is 2. The van der Waals surface area contributed by atoms with Crippen molar-refractivity contribution in [2.45, 2.75) is 25.9 Å². The molecule has 3 rings (SSSR count). The molecule has 0 spiro atoms. The van der Waals surface area contributed by atoms with Crippen LogP contribution in [0.4, 0.5) is 17.1 Å². The van der Waals surface area contributed by atoms with Gasteiger partial charge in [-0.05, 0) is 31.2 Å². The minimum absolute atomic E-state index is 0.0441. The van der Waals surface area contributed by atoms with Crippen molar-refractivity contribution in [3.8, 4) is 5.75 Å². The lowest BCUT2D eigenvalue weighted by atomic mass is 10.2. The van der Waals surface area contributed by atoms with E-state index in [9.17, 15) is 29.3 Å². The van der Waals surface area contributed by atoms with Gasteiger partial charge in [-0.3, -0.25) is 29.4 Å². The monoisotopic (exact) mass is 441 g/mol. The van der Waals surface area contributed by atoms with Crippen molar-refractivity contribution in [3.05, 3.63) is 58.1 Å². The van der Waals surface area contributed by atoms with Gasteiger partial charge in [0.05, 0.1) is 29.0 Å². The molecule has 1 heterocycles. The van der Waals surface area contributed by atoms with Crippen molar-refractivity contribution >= 4 is 40.8 Å².